The lowest BCUT2D eigenvalue weighted by Gasteiger charge is -2.33. The van der Waals surface area contributed by atoms with E-state index in [4.69, 9.17) is 0 Å². The average molecular weight is 248 g/mol. The van der Waals surface area contributed by atoms with E-state index < -0.39 is 0 Å². The van der Waals surface area contributed by atoms with E-state index in [0.29, 0.717) is 4.75 Å². The highest BCUT2D eigenvalue weighted by Crippen LogP contribution is 2.25. The van der Waals surface area contributed by atoms with E-state index in [0.717, 1.165) is 5.75 Å². The van der Waals surface area contributed by atoms with Gasteiger partial charge in [-0.05, 0) is 20.9 Å². The number of thioether (sulfide) groups is 1. The molecule has 1 saturated heterocycles. The van der Waals surface area contributed by atoms with Crippen molar-refractivity contribution in [3.63, 3.8) is 0 Å². The number of rotatable bonds is 5. The summed E-state index contributed by atoms with van der Waals surface area (Å²) in [5.41, 5.74) is 0. The predicted molar refractivity (Wildman–Crippen MR) is 74.3 cm³/mol. The molecule has 1 rings (SSSR count). The van der Waals surface area contributed by atoms with Gasteiger partial charge in [0.05, 0.1) is 0 Å². The van der Waals surface area contributed by atoms with E-state index in [1.807, 2.05) is 11.8 Å². The largest absolute Gasteiger partial charge is 0.304 e. The van der Waals surface area contributed by atoms with E-state index in [1.165, 1.54) is 38.5 Å². The number of likely N-dealkylation sites (N-methyl/N-ethyl adjacent to an activating group) is 1. The standard InChI is InChI=1S/C11H24N2S2/c1-11(2,10-14)15-9-8-13-6-4-12(3)5-7-13/h14H,4-10H2,1-3H3. The Bertz CT molecular complexity index is 177. The predicted octanol–water partition coefficient (Wildman–Crippen LogP) is 1.68. The van der Waals surface area contributed by atoms with Gasteiger partial charge in [0.1, 0.15) is 0 Å². The van der Waals surface area contributed by atoms with Crippen molar-refractivity contribution in [1.29, 1.82) is 0 Å². The van der Waals surface area contributed by atoms with Crippen molar-refractivity contribution in [2.24, 2.45) is 0 Å². The van der Waals surface area contributed by atoms with Crippen molar-refractivity contribution in [1.82, 2.24) is 9.80 Å². The van der Waals surface area contributed by atoms with Gasteiger partial charge < -0.3 is 4.90 Å². The zero-order valence-electron chi connectivity index (χ0n) is 10.2. The van der Waals surface area contributed by atoms with Crippen LogP contribution in [0.15, 0.2) is 0 Å². The van der Waals surface area contributed by atoms with Crippen LogP contribution in [0.1, 0.15) is 13.8 Å². The molecule has 0 aromatic rings. The topological polar surface area (TPSA) is 6.48 Å². The van der Waals surface area contributed by atoms with Crippen molar-refractivity contribution >= 4 is 24.4 Å². The Morgan fingerprint density at radius 2 is 1.80 bits per heavy atom. The molecular weight excluding hydrogens is 224 g/mol. The van der Waals surface area contributed by atoms with Crippen LogP contribution in [0, 0.1) is 0 Å². The molecule has 0 aromatic heterocycles. The zero-order chi connectivity index (χ0) is 11.3. The molecule has 4 heteroatoms. The molecular formula is C11H24N2S2. The van der Waals surface area contributed by atoms with Gasteiger partial charge >= 0.3 is 0 Å². The third kappa shape index (κ3) is 5.48. The molecule has 1 aliphatic rings. The Labute approximate surface area is 104 Å². The van der Waals surface area contributed by atoms with E-state index in [1.54, 1.807) is 0 Å². The van der Waals surface area contributed by atoms with E-state index in [-0.39, 0.29) is 0 Å². The molecule has 0 saturated carbocycles. The first kappa shape index (κ1) is 13.7. The molecule has 0 spiro atoms. The number of thiol groups is 1. The van der Waals surface area contributed by atoms with Crippen LogP contribution < -0.4 is 0 Å². The molecule has 0 N–H and O–H groups in total. The lowest BCUT2D eigenvalue weighted by molar-refractivity contribution is 0.161. The molecule has 0 unspecified atom stereocenters. The lowest BCUT2D eigenvalue weighted by Crippen LogP contribution is -2.45. The van der Waals surface area contributed by atoms with Crippen molar-refractivity contribution in [3.05, 3.63) is 0 Å². The van der Waals surface area contributed by atoms with Crippen molar-refractivity contribution in [3.8, 4) is 0 Å². The van der Waals surface area contributed by atoms with Crippen LogP contribution in [0.25, 0.3) is 0 Å². The van der Waals surface area contributed by atoms with Crippen LogP contribution in [0.2, 0.25) is 0 Å². The van der Waals surface area contributed by atoms with Gasteiger partial charge in [0, 0.05) is 49.0 Å². The minimum atomic E-state index is 0.329. The molecule has 2 nitrogen and oxygen atoms in total. The molecule has 0 radical (unpaired) electrons. The van der Waals surface area contributed by atoms with Crippen molar-refractivity contribution < 1.29 is 0 Å². The average Bonchev–Trinajstić information content (AvgIpc) is 2.21. The molecule has 1 aliphatic heterocycles. The second-order valence-corrected chi connectivity index (χ2v) is 7.03. The van der Waals surface area contributed by atoms with Crippen LogP contribution in [-0.2, 0) is 0 Å². The quantitative estimate of drug-likeness (QED) is 0.740. The number of hydrogen-bond acceptors (Lipinski definition) is 4. The van der Waals surface area contributed by atoms with Crippen LogP contribution in [0.5, 0.6) is 0 Å². The van der Waals surface area contributed by atoms with Crippen LogP contribution >= 0.6 is 24.4 Å². The smallest absolute Gasteiger partial charge is 0.0192 e. The Kier molecular flexibility index (Phi) is 5.82. The molecule has 0 bridgehead atoms. The van der Waals surface area contributed by atoms with Gasteiger partial charge in [-0.15, -0.1) is 0 Å². The third-order valence-corrected chi connectivity index (χ3v) is 5.19. The van der Waals surface area contributed by atoms with Gasteiger partial charge in [0.25, 0.3) is 0 Å². The Hall–Kier alpha value is 0.620. The molecule has 0 atom stereocenters. The highest BCUT2D eigenvalue weighted by molar-refractivity contribution is 8.01. The van der Waals surface area contributed by atoms with Crippen LogP contribution in [0.4, 0.5) is 0 Å². The van der Waals surface area contributed by atoms with Gasteiger partial charge in [0.2, 0.25) is 0 Å². The van der Waals surface area contributed by atoms with Gasteiger partial charge in [-0.3, -0.25) is 4.90 Å². The maximum atomic E-state index is 4.37. The molecule has 1 heterocycles. The fraction of sp³-hybridized carbons (Fsp3) is 1.00. The summed E-state index contributed by atoms with van der Waals surface area (Å²) in [6.07, 6.45) is 0. The fourth-order valence-electron chi connectivity index (χ4n) is 1.57. The van der Waals surface area contributed by atoms with E-state index in [9.17, 15) is 0 Å². The van der Waals surface area contributed by atoms with Crippen LogP contribution in [0.3, 0.4) is 0 Å². The summed E-state index contributed by atoms with van der Waals surface area (Å²) in [5.74, 6) is 2.19. The number of nitrogens with zero attached hydrogens (tertiary/aromatic N) is 2. The molecule has 0 aliphatic carbocycles. The maximum absolute atomic E-state index is 4.37. The second kappa shape index (κ2) is 6.38. The van der Waals surface area contributed by atoms with Gasteiger partial charge in [-0.25, -0.2) is 0 Å². The monoisotopic (exact) mass is 248 g/mol. The Morgan fingerprint density at radius 3 is 2.33 bits per heavy atom. The summed E-state index contributed by atoms with van der Waals surface area (Å²) < 4.78 is 0.329. The molecule has 90 valence electrons. The number of hydrogen-bond donors (Lipinski definition) is 1. The minimum absolute atomic E-state index is 0.329. The summed E-state index contributed by atoms with van der Waals surface area (Å²) in [6.45, 7) is 10.7. The number of piperazine rings is 1. The summed E-state index contributed by atoms with van der Waals surface area (Å²) in [4.78, 5) is 4.98. The minimum Gasteiger partial charge on any atom is -0.304 e. The molecule has 15 heavy (non-hydrogen) atoms. The van der Waals surface area contributed by atoms with Gasteiger partial charge in [-0.2, -0.15) is 24.4 Å². The first-order valence-corrected chi connectivity index (χ1v) is 7.31. The molecule has 0 amide bonds. The fourth-order valence-corrected chi connectivity index (χ4v) is 2.84. The molecule has 0 aromatic carbocycles. The highest BCUT2D eigenvalue weighted by Gasteiger charge is 2.18. The highest BCUT2D eigenvalue weighted by atomic mass is 32.2. The second-order valence-electron chi connectivity index (χ2n) is 4.91. The van der Waals surface area contributed by atoms with E-state index in [2.05, 4.69) is 43.3 Å². The summed E-state index contributed by atoms with van der Waals surface area (Å²) in [5, 5.41) is 0. The normalized spacial score (nSPS) is 20.8. The SMILES string of the molecule is CN1CCN(CCSC(C)(C)CS)CC1. The summed E-state index contributed by atoms with van der Waals surface area (Å²) >= 11 is 6.41. The lowest BCUT2D eigenvalue weighted by atomic mass is 10.2. The zero-order valence-corrected chi connectivity index (χ0v) is 11.9. The first-order valence-electron chi connectivity index (χ1n) is 5.69. The van der Waals surface area contributed by atoms with Crippen molar-refractivity contribution in [2.75, 3.05) is 51.3 Å². The van der Waals surface area contributed by atoms with Gasteiger partial charge in [0.15, 0.2) is 0 Å². The summed E-state index contributed by atoms with van der Waals surface area (Å²) in [6, 6.07) is 0. The maximum Gasteiger partial charge on any atom is 0.0192 e. The van der Waals surface area contributed by atoms with Gasteiger partial charge in [-0.1, -0.05) is 0 Å². The third-order valence-electron chi connectivity index (χ3n) is 2.88. The Morgan fingerprint density at radius 1 is 1.20 bits per heavy atom. The Balaban J connectivity index is 2.10. The first-order chi connectivity index (χ1) is 7.03. The van der Waals surface area contributed by atoms with Crippen LogP contribution in [-0.4, -0.2) is 65.8 Å². The van der Waals surface area contributed by atoms with Crippen molar-refractivity contribution in [2.45, 2.75) is 18.6 Å². The molecule has 1 fully saturated rings. The summed E-state index contributed by atoms with van der Waals surface area (Å²) in [7, 11) is 2.20. The van der Waals surface area contributed by atoms with E-state index >= 15 is 0 Å².